The number of benzene rings is 1. The second-order valence-corrected chi connectivity index (χ2v) is 5.89. The van der Waals surface area contributed by atoms with E-state index in [1.165, 1.54) is 31.2 Å². The zero-order chi connectivity index (χ0) is 12.9. The Kier molecular flexibility index (Phi) is 2.46. The first-order chi connectivity index (χ1) is 9.35. The first-order valence-electron chi connectivity index (χ1n) is 6.91. The number of rotatable bonds is 4. The lowest BCUT2D eigenvalue weighted by atomic mass is 9.95. The fraction of sp³-hybridized carbons (Fsp3) is 0.467. The molecule has 2 aliphatic rings. The fourth-order valence-electron chi connectivity index (χ4n) is 2.98. The van der Waals surface area contributed by atoms with E-state index in [9.17, 15) is 0 Å². The fourth-order valence-corrected chi connectivity index (χ4v) is 3.16. The van der Waals surface area contributed by atoms with Crippen LogP contribution >= 0.6 is 11.6 Å². The lowest BCUT2D eigenvalue weighted by Crippen LogP contribution is -2.17. The van der Waals surface area contributed by atoms with Crippen LogP contribution < -0.4 is 0 Å². The predicted octanol–water partition coefficient (Wildman–Crippen LogP) is 3.43. The summed E-state index contributed by atoms with van der Waals surface area (Å²) in [5.41, 5.74) is 1.46. The van der Waals surface area contributed by atoms with Crippen LogP contribution in [-0.2, 0) is 11.3 Å². The molecule has 0 radical (unpaired) electrons. The largest absolute Gasteiger partial charge is 0.310 e. The summed E-state index contributed by atoms with van der Waals surface area (Å²) < 4.78 is 2.31. The highest BCUT2D eigenvalue weighted by Crippen LogP contribution is 2.54. The summed E-state index contributed by atoms with van der Waals surface area (Å²) in [5.74, 6) is 2.52. The topological polar surface area (TPSA) is 30.7 Å². The molecule has 2 aromatic rings. The van der Waals surface area contributed by atoms with Crippen molar-refractivity contribution in [2.24, 2.45) is 0 Å². The van der Waals surface area contributed by atoms with Gasteiger partial charge in [-0.3, -0.25) is 0 Å². The average Bonchev–Trinajstić information content (AvgIpc) is 3.38. The van der Waals surface area contributed by atoms with Crippen molar-refractivity contribution in [3.8, 4) is 0 Å². The van der Waals surface area contributed by atoms with Crippen LogP contribution in [0.1, 0.15) is 48.9 Å². The highest BCUT2D eigenvalue weighted by molar-refractivity contribution is 6.16. The molecule has 0 saturated heterocycles. The lowest BCUT2D eigenvalue weighted by Gasteiger charge is -2.17. The van der Waals surface area contributed by atoms with E-state index in [4.69, 9.17) is 11.6 Å². The molecule has 4 rings (SSSR count). The summed E-state index contributed by atoms with van der Waals surface area (Å²) in [5, 5.41) is 8.80. The van der Waals surface area contributed by atoms with Gasteiger partial charge in [0.25, 0.3) is 0 Å². The van der Waals surface area contributed by atoms with Crippen molar-refractivity contribution < 1.29 is 0 Å². The summed E-state index contributed by atoms with van der Waals surface area (Å²) in [6.07, 6.45) is 4.81. The number of alkyl halides is 1. The Morgan fingerprint density at radius 2 is 1.89 bits per heavy atom. The van der Waals surface area contributed by atoms with Gasteiger partial charge in [-0.2, -0.15) is 0 Å². The molecule has 2 saturated carbocycles. The van der Waals surface area contributed by atoms with E-state index in [0.29, 0.717) is 11.9 Å². The van der Waals surface area contributed by atoms with Gasteiger partial charge in [-0.1, -0.05) is 30.3 Å². The van der Waals surface area contributed by atoms with Gasteiger partial charge in [-0.15, -0.1) is 21.8 Å². The molecular formula is C15H16ClN3. The van der Waals surface area contributed by atoms with Crippen molar-refractivity contribution in [3.63, 3.8) is 0 Å². The third-order valence-electron chi connectivity index (χ3n) is 4.30. The van der Waals surface area contributed by atoms with E-state index in [0.717, 1.165) is 11.6 Å². The molecule has 1 aromatic heterocycles. The molecule has 0 unspecified atom stereocenters. The van der Waals surface area contributed by atoms with Crippen molar-refractivity contribution in [3.05, 3.63) is 47.5 Å². The molecule has 0 amide bonds. The Morgan fingerprint density at radius 1 is 1.16 bits per heavy atom. The molecule has 19 heavy (non-hydrogen) atoms. The minimum absolute atomic E-state index is 0.0984. The van der Waals surface area contributed by atoms with Gasteiger partial charge in [0.15, 0.2) is 0 Å². The van der Waals surface area contributed by atoms with Crippen LogP contribution in [0.3, 0.4) is 0 Å². The normalized spacial score (nSPS) is 20.5. The van der Waals surface area contributed by atoms with Crippen molar-refractivity contribution in [1.82, 2.24) is 14.8 Å². The average molecular weight is 274 g/mol. The zero-order valence-electron chi connectivity index (χ0n) is 10.7. The van der Waals surface area contributed by atoms with Crippen LogP contribution in [-0.4, -0.2) is 14.8 Å². The van der Waals surface area contributed by atoms with Gasteiger partial charge in [-0.05, 0) is 31.2 Å². The molecule has 2 aliphatic carbocycles. The third kappa shape index (κ3) is 1.71. The Labute approximate surface area is 117 Å². The second kappa shape index (κ2) is 4.07. The highest BCUT2D eigenvalue weighted by atomic mass is 35.5. The molecule has 1 heterocycles. The van der Waals surface area contributed by atoms with Crippen molar-refractivity contribution in [1.29, 1.82) is 0 Å². The maximum atomic E-state index is 6.01. The van der Waals surface area contributed by atoms with E-state index >= 15 is 0 Å². The molecule has 0 N–H and O–H groups in total. The predicted molar refractivity (Wildman–Crippen MR) is 74.3 cm³/mol. The van der Waals surface area contributed by atoms with Crippen LogP contribution in [0.4, 0.5) is 0 Å². The highest BCUT2D eigenvalue weighted by Gasteiger charge is 2.51. The van der Waals surface area contributed by atoms with Crippen molar-refractivity contribution in [2.75, 3.05) is 0 Å². The summed E-state index contributed by atoms with van der Waals surface area (Å²) in [7, 11) is 0. The summed E-state index contributed by atoms with van der Waals surface area (Å²) in [4.78, 5) is 0. The minimum Gasteiger partial charge on any atom is -0.310 e. The lowest BCUT2D eigenvalue weighted by molar-refractivity contribution is 0.614. The second-order valence-electron chi connectivity index (χ2n) is 5.62. The Hall–Kier alpha value is -1.35. The number of nitrogens with zero attached hydrogens (tertiary/aromatic N) is 3. The van der Waals surface area contributed by atoms with Crippen LogP contribution in [0.15, 0.2) is 30.3 Å². The Bertz CT molecular complexity index is 597. The smallest absolute Gasteiger partial charge is 0.148 e. The van der Waals surface area contributed by atoms with Crippen LogP contribution in [0.5, 0.6) is 0 Å². The molecule has 0 bridgehead atoms. The number of aromatic nitrogens is 3. The Balaban J connectivity index is 1.83. The molecule has 2 fully saturated rings. The van der Waals surface area contributed by atoms with E-state index in [-0.39, 0.29) is 5.41 Å². The third-order valence-corrected chi connectivity index (χ3v) is 4.54. The van der Waals surface area contributed by atoms with E-state index in [2.05, 4.69) is 45.1 Å². The number of hydrogen-bond donors (Lipinski definition) is 0. The summed E-state index contributed by atoms with van der Waals surface area (Å²) in [6.45, 7) is 0. The molecule has 98 valence electrons. The monoisotopic (exact) mass is 273 g/mol. The zero-order valence-corrected chi connectivity index (χ0v) is 11.5. The maximum Gasteiger partial charge on any atom is 0.148 e. The van der Waals surface area contributed by atoms with Crippen LogP contribution in [0, 0.1) is 0 Å². The molecular weight excluding hydrogens is 258 g/mol. The first kappa shape index (κ1) is 11.5. The summed E-state index contributed by atoms with van der Waals surface area (Å²) in [6, 6.07) is 11.3. The first-order valence-corrected chi connectivity index (χ1v) is 7.44. The molecule has 0 atom stereocenters. The van der Waals surface area contributed by atoms with Crippen LogP contribution in [0.2, 0.25) is 0 Å². The van der Waals surface area contributed by atoms with Crippen LogP contribution in [0.25, 0.3) is 0 Å². The Morgan fingerprint density at radius 3 is 2.47 bits per heavy atom. The molecule has 1 aromatic carbocycles. The minimum atomic E-state index is 0.0984. The SMILES string of the molecule is ClCc1nnc(C2(c3ccccc3)CC2)n1C1CC1. The van der Waals surface area contributed by atoms with Gasteiger partial charge in [-0.25, -0.2) is 0 Å². The van der Waals surface area contributed by atoms with E-state index < -0.39 is 0 Å². The summed E-state index contributed by atoms with van der Waals surface area (Å²) >= 11 is 6.01. The maximum absolute atomic E-state index is 6.01. The van der Waals surface area contributed by atoms with E-state index in [1.807, 2.05) is 0 Å². The van der Waals surface area contributed by atoms with Gasteiger partial charge in [0.05, 0.1) is 11.3 Å². The number of hydrogen-bond acceptors (Lipinski definition) is 2. The van der Waals surface area contributed by atoms with Gasteiger partial charge in [0, 0.05) is 6.04 Å². The van der Waals surface area contributed by atoms with Gasteiger partial charge < -0.3 is 4.57 Å². The van der Waals surface area contributed by atoms with Gasteiger partial charge >= 0.3 is 0 Å². The van der Waals surface area contributed by atoms with Crippen molar-refractivity contribution in [2.45, 2.75) is 43.0 Å². The van der Waals surface area contributed by atoms with E-state index in [1.54, 1.807) is 0 Å². The molecule has 3 nitrogen and oxygen atoms in total. The van der Waals surface area contributed by atoms with Crippen molar-refractivity contribution >= 4 is 11.6 Å². The standard InChI is InChI=1S/C15H16ClN3/c16-10-13-17-18-14(19(13)12-6-7-12)15(8-9-15)11-4-2-1-3-5-11/h1-5,12H,6-10H2. The van der Waals surface area contributed by atoms with Gasteiger partial charge in [0.2, 0.25) is 0 Å². The molecule has 0 aliphatic heterocycles. The van der Waals surface area contributed by atoms with Gasteiger partial charge in [0.1, 0.15) is 11.6 Å². The number of halogens is 1. The molecule has 0 spiro atoms. The quantitative estimate of drug-likeness (QED) is 0.799. The molecule has 4 heteroatoms.